The van der Waals surface area contributed by atoms with Gasteiger partial charge >= 0.3 is 6.18 Å². The zero-order chi connectivity index (χ0) is 13.6. The second-order valence-corrected chi connectivity index (χ2v) is 4.04. The van der Waals surface area contributed by atoms with Crippen LogP contribution in [0.2, 0.25) is 0 Å². The summed E-state index contributed by atoms with van der Waals surface area (Å²) in [6.07, 6.45) is -5.11. The molecule has 0 aliphatic heterocycles. The van der Waals surface area contributed by atoms with Gasteiger partial charge in [0.15, 0.2) is 6.10 Å². The van der Waals surface area contributed by atoms with Crippen LogP contribution in [0.1, 0.15) is 31.8 Å². The molecule has 0 saturated heterocycles. The molecule has 0 aliphatic carbocycles. The summed E-state index contributed by atoms with van der Waals surface area (Å²) in [6.45, 7) is 4.30. The predicted octanol–water partition coefficient (Wildman–Crippen LogP) is 3.25. The van der Waals surface area contributed by atoms with Crippen molar-refractivity contribution in [1.29, 1.82) is 0 Å². The fraction of sp³-hybridized carbons (Fsp3) is 0.667. The average Bonchev–Trinajstić information content (AvgIpc) is 2.73. The van der Waals surface area contributed by atoms with Gasteiger partial charge in [-0.1, -0.05) is 6.92 Å². The molecular formula is C12H18F3NO2. The second-order valence-electron chi connectivity index (χ2n) is 4.04. The maximum Gasteiger partial charge on any atom is 0.414 e. The molecule has 1 N–H and O–H groups in total. The first-order valence-electron chi connectivity index (χ1n) is 5.90. The third kappa shape index (κ3) is 5.10. The lowest BCUT2D eigenvalue weighted by molar-refractivity contribution is -0.218. The summed E-state index contributed by atoms with van der Waals surface area (Å²) in [5, 5.41) is 3.14. The predicted molar refractivity (Wildman–Crippen MR) is 61.0 cm³/mol. The number of alkyl halides is 3. The molecule has 0 saturated carbocycles. The van der Waals surface area contributed by atoms with Crippen molar-refractivity contribution < 1.29 is 22.3 Å². The van der Waals surface area contributed by atoms with Gasteiger partial charge in [-0.25, -0.2) is 0 Å². The van der Waals surface area contributed by atoms with Crippen LogP contribution in [0.3, 0.4) is 0 Å². The molecule has 0 radical (unpaired) electrons. The van der Waals surface area contributed by atoms with Crippen LogP contribution in [-0.4, -0.2) is 18.8 Å². The monoisotopic (exact) mass is 265 g/mol. The number of halogens is 3. The van der Waals surface area contributed by atoms with Gasteiger partial charge in [-0.2, -0.15) is 13.2 Å². The lowest BCUT2D eigenvalue weighted by Crippen LogP contribution is -2.28. The maximum absolute atomic E-state index is 12.2. The summed E-state index contributed by atoms with van der Waals surface area (Å²) in [7, 11) is 0. The Morgan fingerprint density at radius 1 is 1.33 bits per heavy atom. The van der Waals surface area contributed by atoms with Crippen molar-refractivity contribution in [2.45, 2.75) is 45.7 Å². The van der Waals surface area contributed by atoms with E-state index >= 15 is 0 Å². The summed E-state index contributed by atoms with van der Waals surface area (Å²) in [4.78, 5) is 0. The number of ether oxygens (including phenoxy) is 1. The van der Waals surface area contributed by atoms with Gasteiger partial charge in [0, 0.05) is 0 Å². The molecule has 6 heteroatoms. The normalized spacial score (nSPS) is 13.8. The Balaban J connectivity index is 2.35. The van der Waals surface area contributed by atoms with E-state index in [1.807, 2.05) is 6.92 Å². The lowest BCUT2D eigenvalue weighted by atomic mass is 10.4. The zero-order valence-corrected chi connectivity index (χ0v) is 10.5. The van der Waals surface area contributed by atoms with E-state index in [1.54, 1.807) is 12.1 Å². The van der Waals surface area contributed by atoms with Crippen molar-refractivity contribution in [2.24, 2.45) is 0 Å². The molecule has 0 aliphatic rings. The van der Waals surface area contributed by atoms with Crippen LogP contribution in [0.4, 0.5) is 13.2 Å². The third-order valence-corrected chi connectivity index (χ3v) is 2.38. The Morgan fingerprint density at radius 2 is 2.00 bits per heavy atom. The van der Waals surface area contributed by atoms with Crippen LogP contribution in [0, 0.1) is 0 Å². The first kappa shape index (κ1) is 15.0. The molecule has 104 valence electrons. The van der Waals surface area contributed by atoms with Gasteiger partial charge in [0.2, 0.25) is 0 Å². The molecule has 0 amide bonds. The number of rotatable bonds is 7. The van der Waals surface area contributed by atoms with Crippen molar-refractivity contribution in [3.8, 4) is 0 Å². The highest BCUT2D eigenvalue weighted by Gasteiger charge is 2.36. The summed E-state index contributed by atoms with van der Waals surface area (Å²) >= 11 is 0. The van der Waals surface area contributed by atoms with Crippen molar-refractivity contribution in [1.82, 2.24) is 5.32 Å². The van der Waals surface area contributed by atoms with Gasteiger partial charge in [-0.15, -0.1) is 0 Å². The Hall–Kier alpha value is -1.01. The second kappa shape index (κ2) is 6.80. The molecule has 1 unspecified atom stereocenters. The smallest absolute Gasteiger partial charge is 0.414 e. The first-order valence-corrected chi connectivity index (χ1v) is 5.90. The minimum atomic E-state index is -4.34. The fourth-order valence-electron chi connectivity index (χ4n) is 1.28. The van der Waals surface area contributed by atoms with Gasteiger partial charge in [0.1, 0.15) is 18.1 Å². The van der Waals surface area contributed by atoms with Gasteiger partial charge in [0.05, 0.1) is 6.54 Å². The Labute approximate surface area is 104 Å². The largest absolute Gasteiger partial charge is 0.462 e. The van der Waals surface area contributed by atoms with E-state index < -0.39 is 12.3 Å². The van der Waals surface area contributed by atoms with Gasteiger partial charge in [-0.3, -0.25) is 0 Å². The van der Waals surface area contributed by atoms with Gasteiger partial charge in [0.25, 0.3) is 0 Å². The van der Waals surface area contributed by atoms with Crippen LogP contribution in [0.5, 0.6) is 0 Å². The fourth-order valence-corrected chi connectivity index (χ4v) is 1.28. The molecule has 0 fully saturated rings. The summed E-state index contributed by atoms with van der Waals surface area (Å²) in [5.41, 5.74) is 0. The molecule has 0 aromatic carbocycles. The highest BCUT2D eigenvalue weighted by molar-refractivity contribution is 5.06. The molecule has 0 spiro atoms. The van der Waals surface area contributed by atoms with E-state index in [9.17, 15) is 13.2 Å². The summed E-state index contributed by atoms with van der Waals surface area (Å²) in [5.74, 6) is 1.10. The van der Waals surface area contributed by atoms with E-state index in [0.29, 0.717) is 18.1 Å². The molecule has 0 bridgehead atoms. The van der Waals surface area contributed by atoms with Crippen LogP contribution in [0.25, 0.3) is 0 Å². The number of hydrogen-bond donors (Lipinski definition) is 1. The molecule has 1 rings (SSSR count). The minimum Gasteiger partial charge on any atom is -0.462 e. The SMILES string of the molecule is CCCNCc1ccc(COC(C)C(F)(F)F)o1. The van der Waals surface area contributed by atoms with Gasteiger partial charge in [-0.05, 0) is 32.0 Å². The maximum atomic E-state index is 12.2. The Kier molecular flexibility index (Phi) is 5.68. The third-order valence-electron chi connectivity index (χ3n) is 2.38. The first-order chi connectivity index (χ1) is 8.43. The van der Waals surface area contributed by atoms with Crippen molar-refractivity contribution >= 4 is 0 Å². The number of nitrogens with one attached hydrogen (secondary N) is 1. The molecule has 18 heavy (non-hydrogen) atoms. The highest BCUT2D eigenvalue weighted by Crippen LogP contribution is 2.23. The molecule has 3 nitrogen and oxygen atoms in total. The van der Waals surface area contributed by atoms with Crippen molar-refractivity contribution in [2.75, 3.05) is 6.54 Å². The minimum absolute atomic E-state index is 0.172. The van der Waals surface area contributed by atoms with E-state index in [4.69, 9.17) is 9.15 Å². The molecule has 1 atom stereocenters. The standard InChI is InChI=1S/C12H18F3NO2/c1-3-6-16-7-10-4-5-11(18-10)8-17-9(2)12(13,14)15/h4-5,9,16H,3,6-8H2,1-2H3. The van der Waals surface area contributed by atoms with Crippen molar-refractivity contribution in [3.05, 3.63) is 23.7 Å². The summed E-state index contributed by atoms with van der Waals surface area (Å²) in [6, 6.07) is 3.37. The van der Waals surface area contributed by atoms with Crippen molar-refractivity contribution in [3.63, 3.8) is 0 Å². The molecule has 1 heterocycles. The quantitative estimate of drug-likeness (QED) is 0.768. The zero-order valence-electron chi connectivity index (χ0n) is 10.5. The number of hydrogen-bond acceptors (Lipinski definition) is 3. The van der Waals surface area contributed by atoms with Crippen LogP contribution in [0.15, 0.2) is 16.5 Å². The van der Waals surface area contributed by atoms with E-state index in [0.717, 1.165) is 19.9 Å². The van der Waals surface area contributed by atoms with Crippen LogP contribution in [-0.2, 0) is 17.9 Å². The lowest BCUT2D eigenvalue weighted by Gasteiger charge is -2.15. The molecule has 1 aromatic rings. The van der Waals surface area contributed by atoms with E-state index in [1.165, 1.54) is 0 Å². The highest BCUT2D eigenvalue weighted by atomic mass is 19.4. The van der Waals surface area contributed by atoms with Gasteiger partial charge < -0.3 is 14.5 Å². The Bertz CT molecular complexity index is 349. The molecule has 1 aromatic heterocycles. The molecular weight excluding hydrogens is 247 g/mol. The van der Waals surface area contributed by atoms with Crippen LogP contribution >= 0.6 is 0 Å². The summed E-state index contributed by atoms with van der Waals surface area (Å²) < 4.78 is 46.6. The number of furan rings is 1. The Morgan fingerprint density at radius 3 is 2.61 bits per heavy atom. The topological polar surface area (TPSA) is 34.4 Å². The van der Waals surface area contributed by atoms with Crippen LogP contribution < -0.4 is 5.32 Å². The van der Waals surface area contributed by atoms with E-state index in [-0.39, 0.29) is 6.61 Å². The van der Waals surface area contributed by atoms with E-state index in [2.05, 4.69) is 5.32 Å². The average molecular weight is 265 g/mol.